The van der Waals surface area contributed by atoms with E-state index in [-0.39, 0.29) is 11.5 Å². The lowest BCUT2D eigenvalue weighted by Crippen LogP contribution is -2.22. The molecule has 0 saturated carbocycles. The SMILES string of the molecule is CCc1ccc(NC(=O)c2cn(-c3ccc(C)c(C)c3)c(=O)c3ccccc23)cc1. The van der Waals surface area contributed by atoms with Crippen molar-refractivity contribution in [1.29, 1.82) is 0 Å². The molecule has 1 heterocycles. The number of aromatic nitrogens is 1. The molecule has 150 valence electrons. The fourth-order valence-corrected chi connectivity index (χ4v) is 3.56. The second kappa shape index (κ2) is 7.99. The van der Waals surface area contributed by atoms with Crippen LogP contribution in [0.4, 0.5) is 5.69 Å². The Hall–Kier alpha value is -3.66. The molecule has 0 aliphatic carbocycles. The van der Waals surface area contributed by atoms with Gasteiger partial charge < -0.3 is 5.32 Å². The summed E-state index contributed by atoms with van der Waals surface area (Å²) in [6.45, 7) is 6.14. The number of anilines is 1. The molecule has 0 saturated heterocycles. The van der Waals surface area contributed by atoms with Gasteiger partial charge in [-0.1, -0.05) is 43.3 Å². The summed E-state index contributed by atoms with van der Waals surface area (Å²) in [6.07, 6.45) is 2.59. The fraction of sp³-hybridized carbons (Fsp3) is 0.154. The van der Waals surface area contributed by atoms with Crippen molar-refractivity contribution >= 4 is 22.4 Å². The number of carbonyl (C=O) groups excluding carboxylic acids is 1. The van der Waals surface area contributed by atoms with E-state index in [0.717, 1.165) is 28.9 Å². The van der Waals surface area contributed by atoms with Gasteiger partial charge in [-0.3, -0.25) is 14.2 Å². The summed E-state index contributed by atoms with van der Waals surface area (Å²) < 4.78 is 1.56. The maximum Gasteiger partial charge on any atom is 0.262 e. The van der Waals surface area contributed by atoms with E-state index in [0.29, 0.717) is 16.3 Å². The summed E-state index contributed by atoms with van der Waals surface area (Å²) in [6, 6.07) is 20.9. The first-order valence-electron chi connectivity index (χ1n) is 10.1. The Balaban J connectivity index is 1.83. The highest BCUT2D eigenvalue weighted by molar-refractivity contribution is 6.12. The molecule has 1 aromatic heterocycles. The van der Waals surface area contributed by atoms with Crippen LogP contribution in [0.25, 0.3) is 16.5 Å². The summed E-state index contributed by atoms with van der Waals surface area (Å²) in [5.74, 6) is -0.243. The standard InChI is InChI=1S/C26H24N2O2/c1-4-19-10-12-20(13-11-19)27-25(29)24-16-28(21-14-9-17(2)18(3)15-21)26(30)23-8-6-5-7-22(23)24/h5-16H,4H2,1-3H3,(H,27,29). The smallest absolute Gasteiger partial charge is 0.262 e. The number of aryl methyl sites for hydroxylation is 3. The van der Waals surface area contributed by atoms with Crippen LogP contribution < -0.4 is 10.9 Å². The van der Waals surface area contributed by atoms with Crippen LogP contribution in [0.3, 0.4) is 0 Å². The topological polar surface area (TPSA) is 51.1 Å². The largest absolute Gasteiger partial charge is 0.322 e. The first-order chi connectivity index (χ1) is 14.5. The number of hydrogen-bond donors (Lipinski definition) is 1. The summed E-state index contributed by atoms with van der Waals surface area (Å²) in [5.41, 5.74) is 5.25. The summed E-state index contributed by atoms with van der Waals surface area (Å²) in [5, 5.41) is 4.13. The molecule has 0 radical (unpaired) electrons. The molecule has 4 rings (SSSR count). The van der Waals surface area contributed by atoms with E-state index < -0.39 is 0 Å². The normalized spacial score (nSPS) is 10.9. The van der Waals surface area contributed by atoms with Gasteiger partial charge in [-0.15, -0.1) is 0 Å². The van der Waals surface area contributed by atoms with Crippen LogP contribution >= 0.6 is 0 Å². The van der Waals surface area contributed by atoms with Crippen LogP contribution in [0.5, 0.6) is 0 Å². The van der Waals surface area contributed by atoms with Crippen molar-refractivity contribution in [3.8, 4) is 5.69 Å². The van der Waals surface area contributed by atoms with Gasteiger partial charge in [-0.05, 0) is 67.3 Å². The van der Waals surface area contributed by atoms with Gasteiger partial charge >= 0.3 is 0 Å². The minimum absolute atomic E-state index is 0.141. The van der Waals surface area contributed by atoms with Crippen LogP contribution in [0, 0.1) is 13.8 Å². The Morgan fingerprint density at radius 2 is 1.60 bits per heavy atom. The minimum Gasteiger partial charge on any atom is -0.322 e. The number of fused-ring (bicyclic) bond motifs is 1. The van der Waals surface area contributed by atoms with Crippen LogP contribution in [0.2, 0.25) is 0 Å². The zero-order valence-corrected chi connectivity index (χ0v) is 17.4. The number of benzene rings is 3. The number of nitrogens with zero attached hydrogens (tertiary/aromatic N) is 1. The summed E-state index contributed by atoms with van der Waals surface area (Å²) in [7, 11) is 0. The van der Waals surface area contributed by atoms with Gasteiger partial charge in [0.2, 0.25) is 0 Å². The first-order valence-corrected chi connectivity index (χ1v) is 10.1. The van der Waals surface area contributed by atoms with Crippen molar-refractivity contribution in [2.24, 2.45) is 0 Å². The van der Waals surface area contributed by atoms with Crippen LogP contribution in [-0.4, -0.2) is 10.5 Å². The summed E-state index contributed by atoms with van der Waals surface area (Å²) >= 11 is 0. The molecule has 0 aliphatic heterocycles. The van der Waals surface area contributed by atoms with E-state index in [1.165, 1.54) is 5.56 Å². The van der Waals surface area contributed by atoms with Crippen LogP contribution in [0.15, 0.2) is 77.7 Å². The predicted octanol–water partition coefficient (Wildman–Crippen LogP) is 5.42. The highest BCUT2D eigenvalue weighted by Crippen LogP contribution is 2.21. The molecule has 4 nitrogen and oxygen atoms in total. The van der Waals surface area contributed by atoms with E-state index >= 15 is 0 Å². The van der Waals surface area contributed by atoms with Crippen molar-refractivity contribution in [3.63, 3.8) is 0 Å². The molecular weight excluding hydrogens is 372 g/mol. The molecule has 0 bridgehead atoms. The third-order valence-corrected chi connectivity index (χ3v) is 5.56. The second-order valence-corrected chi connectivity index (χ2v) is 7.54. The Kier molecular flexibility index (Phi) is 5.23. The second-order valence-electron chi connectivity index (χ2n) is 7.54. The number of carbonyl (C=O) groups is 1. The summed E-state index contributed by atoms with van der Waals surface area (Å²) in [4.78, 5) is 26.3. The molecule has 0 spiro atoms. The lowest BCUT2D eigenvalue weighted by atomic mass is 10.1. The molecule has 4 heteroatoms. The van der Waals surface area contributed by atoms with Gasteiger partial charge in [0, 0.05) is 28.3 Å². The molecule has 0 atom stereocenters. The lowest BCUT2D eigenvalue weighted by molar-refractivity contribution is 0.102. The van der Waals surface area contributed by atoms with Crippen molar-refractivity contribution < 1.29 is 4.79 Å². The highest BCUT2D eigenvalue weighted by atomic mass is 16.2. The maximum atomic E-state index is 13.2. The third-order valence-electron chi connectivity index (χ3n) is 5.56. The molecule has 4 aromatic rings. The van der Waals surface area contributed by atoms with Crippen molar-refractivity contribution in [2.75, 3.05) is 5.32 Å². The molecule has 0 fully saturated rings. The monoisotopic (exact) mass is 396 g/mol. The minimum atomic E-state index is -0.243. The first kappa shape index (κ1) is 19.6. The Labute approximate surface area is 175 Å². The van der Waals surface area contributed by atoms with E-state index in [1.807, 2.05) is 74.5 Å². The van der Waals surface area contributed by atoms with Gasteiger partial charge in [0.1, 0.15) is 0 Å². The molecule has 3 aromatic carbocycles. The zero-order chi connectivity index (χ0) is 21.3. The van der Waals surface area contributed by atoms with E-state index in [2.05, 4.69) is 12.2 Å². The number of hydrogen-bond acceptors (Lipinski definition) is 2. The Morgan fingerprint density at radius 1 is 0.900 bits per heavy atom. The Bertz CT molecular complexity index is 1300. The number of pyridine rings is 1. The average Bonchev–Trinajstić information content (AvgIpc) is 2.76. The third kappa shape index (κ3) is 3.64. The highest BCUT2D eigenvalue weighted by Gasteiger charge is 2.16. The average molecular weight is 396 g/mol. The van der Waals surface area contributed by atoms with Crippen LogP contribution in [0.1, 0.15) is 34.0 Å². The number of nitrogens with one attached hydrogen (secondary N) is 1. The molecule has 0 aliphatic rings. The molecule has 1 N–H and O–H groups in total. The Morgan fingerprint density at radius 3 is 2.27 bits per heavy atom. The zero-order valence-electron chi connectivity index (χ0n) is 17.4. The quantitative estimate of drug-likeness (QED) is 0.501. The van der Waals surface area contributed by atoms with E-state index in [1.54, 1.807) is 16.8 Å². The predicted molar refractivity (Wildman–Crippen MR) is 123 cm³/mol. The molecule has 0 unspecified atom stereocenters. The number of amides is 1. The van der Waals surface area contributed by atoms with Gasteiger partial charge in [0.05, 0.1) is 5.56 Å². The molecule has 1 amide bonds. The number of rotatable bonds is 4. The maximum absolute atomic E-state index is 13.2. The fourth-order valence-electron chi connectivity index (χ4n) is 3.56. The van der Waals surface area contributed by atoms with Crippen molar-refractivity contribution in [3.05, 3.63) is 106 Å². The van der Waals surface area contributed by atoms with Gasteiger partial charge in [0.25, 0.3) is 11.5 Å². The van der Waals surface area contributed by atoms with Gasteiger partial charge in [-0.25, -0.2) is 0 Å². The van der Waals surface area contributed by atoms with E-state index in [9.17, 15) is 9.59 Å². The van der Waals surface area contributed by atoms with Gasteiger partial charge in [0.15, 0.2) is 0 Å². The molecule has 30 heavy (non-hydrogen) atoms. The molecular formula is C26H24N2O2. The van der Waals surface area contributed by atoms with Crippen LogP contribution in [-0.2, 0) is 6.42 Å². The van der Waals surface area contributed by atoms with E-state index in [4.69, 9.17) is 0 Å². The lowest BCUT2D eigenvalue weighted by Gasteiger charge is -2.14. The van der Waals surface area contributed by atoms with Crippen molar-refractivity contribution in [2.45, 2.75) is 27.2 Å². The van der Waals surface area contributed by atoms with Gasteiger partial charge in [-0.2, -0.15) is 0 Å². The van der Waals surface area contributed by atoms with Crippen molar-refractivity contribution in [1.82, 2.24) is 4.57 Å².